The summed E-state index contributed by atoms with van der Waals surface area (Å²) in [6, 6.07) is 6.47. The number of benzene rings is 1. The Morgan fingerprint density at radius 1 is 1.29 bits per heavy atom. The second-order valence-corrected chi connectivity index (χ2v) is 7.14. The first-order valence-corrected chi connectivity index (χ1v) is 8.83. The number of halogens is 1. The van der Waals surface area contributed by atoms with Crippen molar-refractivity contribution >= 4 is 5.91 Å². The zero-order valence-electron chi connectivity index (χ0n) is 14.4. The quantitative estimate of drug-likeness (QED) is 0.900. The third-order valence-electron chi connectivity index (χ3n) is 5.14. The topological polar surface area (TPSA) is 47.6 Å². The predicted molar refractivity (Wildman–Crippen MR) is 88.8 cm³/mol. The Morgan fingerprint density at radius 2 is 1.96 bits per heavy atom. The molecule has 1 aromatic rings. The molecule has 1 amide bonds. The largest absolute Gasteiger partial charge is 0.352 e. The molecule has 1 heterocycles. The van der Waals surface area contributed by atoms with E-state index in [1.54, 1.807) is 12.1 Å². The van der Waals surface area contributed by atoms with Gasteiger partial charge in [-0.15, -0.1) is 0 Å². The third kappa shape index (κ3) is 3.62. The van der Waals surface area contributed by atoms with Crippen LogP contribution in [-0.2, 0) is 20.7 Å². The van der Waals surface area contributed by atoms with Gasteiger partial charge < -0.3 is 14.8 Å². The van der Waals surface area contributed by atoms with Crippen LogP contribution in [0.25, 0.3) is 0 Å². The molecule has 1 saturated carbocycles. The van der Waals surface area contributed by atoms with Gasteiger partial charge in [0.25, 0.3) is 0 Å². The molecule has 0 aromatic heterocycles. The lowest BCUT2D eigenvalue weighted by Crippen LogP contribution is -2.49. The minimum atomic E-state index is -0.707. The van der Waals surface area contributed by atoms with Gasteiger partial charge in [0.05, 0.1) is 19.1 Å². The monoisotopic (exact) mass is 335 g/mol. The fourth-order valence-corrected chi connectivity index (χ4v) is 3.70. The Kier molecular flexibility index (Phi) is 5.21. The molecule has 1 N–H and O–H groups in total. The molecule has 24 heavy (non-hydrogen) atoms. The highest BCUT2D eigenvalue weighted by Crippen LogP contribution is 2.42. The standard InChI is InChI=1S/C19H26FNO3/c1-13(2)17(12-14-5-7-15(20)8-6-14)21-18(22)16-4-3-9-19(16)23-10-11-24-19/h5-8,13,16-17H,3-4,9-12H2,1-2H3,(H,21,22)/t16-,17+/m0/s1. The van der Waals surface area contributed by atoms with E-state index in [0.29, 0.717) is 19.6 Å². The summed E-state index contributed by atoms with van der Waals surface area (Å²) in [6.07, 6.45) is 3.22. The second kappa shape index (κ2) is 7.19. The fourth-order valence-electron chi connectivity index (χ4n) is 3.70. The summed E-state index contributed by atoms with van der Waals surface area (Å²) in [4.78, 5) is 12.8. The van der Waals surface area contributed by atoms with Gasteiger partial charge in [-0.25, -0.2) is 4.39 Å². The Balaban J connectivity index is 1.66. The highest BCUT2D eigenvalue weighted by atomic mass is 19.1. The van der Waals surface area contributed by atoms with E-state index in [0.717, 1.165) is 24.8 Å². The third-order valence-corrected chi connectivity index (χ3v) is 5.14. The van der Waals surface area contributed by atoms with Crippen molar-refractivity contribution in [1.82, 2.24) is 5.32 Å². The van der Waals surface area contributed by atoms with Gasteiger partial charge in [0.2, 0.25) is 5.91 Å². The first kappa shape index (κ1) is 17.4. The highest BCUT2D eigenvalue weighted by molar-refractivity contribution is 5.80. The summed E-state index contributed by atoms with van der Waals surface area (Å²) < 4.78 is 24.6. The maximum atomic E-state index is 13.1. The van der Waals surface area contributed by atoms with Crippen LogP contribution in [0.2, 0.25) is 0 Å². The molecule has 3 rings (SSSR count). The Morgan fingerprint density at radius 3 is 2.58 bits per heavy atom. The smallest absolute Gasteiger partial charge is 0.228 e. The minimum Gasteiger partial charge on any atom is -0.352 e. The summed E-state index contributed by atoms with van der Waals surface area (Å²) in [7, 11) is 0. The summed E-state index contributed by atoms with van der Waals surface area (Å²) in [5.41, 5.74) is 1.02. The summed E-state index contributed by atoms with van der Waals surface area (Å²) in [5.74, 6) is -0.902. The Labute approximate surface area is 142 Å². The number of carbonyl (C=O) groups excluding carboxylic acids is 1. The van der Waals surface area contributed by atoms with Crippen molar-refractivity contribution in [2.75, 3.05) is 13.2 Å². The van der Waals surface area contributed by atoms with Gasteiger partial charge in [-0.3, -0.25) is 4.79 Å². The molecule has 1 spiro atoms. The van der Waals surface area contributed by atoms with Gasteiger partial charge in [-0.2, -0.15) is 0 Å². The fraction of sp³-hybridized carbons (Fsp3) is 0.632. The summed E-state index contributed by atoms with van der Waals surface area (Å²) in [5, 5.41) is 3.18. The van der Waals surface area contributed by atoms with E-state index < -0.39 is 5.79 Å². The molecule has 4 nitrogen and oxygen atoms in total. The molecule has 0 unspecified atom stereocenters. The molecule has 132 valence electrons. The molecule has 1 saturated heterocycles. The average Bonchev–Trinajstić information content (AvgIpc) is 3.19. The van der Waals surface area contributed by atoms with Crippen LogP contribution in [0.15, 0.2) is 24.3 Å². The van der Waals surface area contributed by atoms with E-state index in [1.807, 2.05) is 0 Å². The maximum absolute atomic E-state index is 13.1. The maximum Gasteiger partial charge on any atom is 0.228 e. The van der Waals surface area contributed by atoms with Crippen molar-refractivity contribution in [3.8, 4) is 0 Å². The molecule has 1 aromatic carbocycles. The van der Waals surface area contributed by atoms with E-state index >= 15 is 0 Å². The summed E-state index contributed by atoms with van der Waals surface area (Å²) in [6.45, 7) is 5.29. The molecule has 0 radical (unpaired) electrons. The van der Waals surface area contributed by atoms with Crippen LogP contribution >= 0.6 is 0 Å². The van der Waals surface area contributed by atoms with Crippen LogP contribution in [0.3, 0.4) is 0 Å². The van der Waals surface area contributed by atoms with Gasteiger partial charge in [0, 0.05) is 12.5 Å². The van der Waals surface area contributed by atoms with Crippen LogP contribution in [0.1, 0.15) is 38.7 Å². The average molecular weight is 335 g/mol. The van der Waals surface area contributed by atoms with E-state index in [-0.39, 0.29) is 29.6 Å². The second-order valence-electron chi connectivity index (χ2n) is 7.14. The van der Waals surface area contributed by atoms with Crippen LogP contribution < -0.4 is 5.32 Å². The number of amides is 1. The zero-order chi connectivity index (χ0) is 17.2. The van der Waals surface area contributed by atoms with Gasteiger partial charge in [-0.1, -0.05) is 26.0 Å². The molecule has 1 aliphatic carbocycles. The number of rotatable bonds is 5. The van der Waals surface area contributed by atoms with Crippen LogP contribution in [-0.4, -0.2) is 30.9 Å². The molecular weight excluding hydrogens is 309 g/mol. The number of hydrogen-bond donors (Lipinski definition) is 1. The zero-order valence-corrected chi connectivity index (χ0v) is 14.4. The first-order chi connectivity index (χ1) is 11.5. The number of carbonyl (C=O) groups is 1. The molecule has 2 atom stereocenters. The van der Waals surface area contributed by atoms with E-state index in [9.17, 15) is 9.18 Å². The van der Waals surface area contributed by atoms with Gasteiger partial charge in [0.1, 0.15) is 5.82 Å². The normalized spacial score (nSPS) is 23.8. The van der Waals surface area contributed by atoms with Crippen LogP contribution in [0.4, 0.5) is 4.39 Å². The molecule has 1 aliphatic heterocycles. The van der Waals surface area contributed by atoms with Crippen molar-refractivity contribution in [1.29, 1.82) is 0 Å². The van der Waals surface area contributed by atoms with E-state index in [4.69, 9.17) is 9.47 Å². The lowest BCUT2D eigenvalue weighted by atomic mass is 9.94. The van der Waals surface area contributed by atoms with Crippen molar-refractivity contribution in [3.63, 3.8) is 0 Å². The molecule has 2 aliphatic rings. The van der Waals surface area contributed by atoms with E-state index in [2.05, 4.69) is 19.2 Å². The highest BCUT2D eigenvalue weighted by Gasteiger charge is 2.51. The van der Waals surface area contributed by atoms with Crippen molar-refractivity contribution < 1.29 is 18.7 Å². The minimum absolute atomic E-state index is 0.00187. The molecule has 2 fully saturated rings. The van der Waals surface area contributed by atoms with Gasteiger partial charge in [0.15, 0.2) is 5.79 Å². The predicted octanol–water partition coefficient (Wildman–Crippen LogP) is 3.05. The van der Waals surface area contributed by atoms with Crippen LogP contribution in [0.5, 0.6) is 0 Å². The lowest BCUT2D eigenvalue weighted by molar-refractivity contribution is -0.187. The van der Waals surface area contributed by atoms with Crippen molar-refractivity contribution in [2.45, 2.75) is 51.4 Å². The van der Waals surface area contributed by atoms with Crippen molar-refractivity contribution in [3.05, 3.63) is 35.6 Å². The Hall–Kier alpha value is -1.46. The Bertz CT molecular complexity index is 561. The summed E-state index contributed by atoms with van der Waals surface area (Å²) >= 11 is 0. The first-order valence-electron chi connectivity index (χ1n) is 8.83. The van der Waals surface area contributed by atoms with E-state index in [1.165, 1.54) is 12.1 Å². The molecule has 0 bridgehead atoms. The number of ether oxygens (including phenoxy) is 2. The molecule has 5 heteroatoms. The number of nitrogens with one attached hydrogen (secondary N) is 1. The lowest BCUT2D eigenvalue weighted by Gasteiger charge is -2.31. The van der Waals surface area contributed by atoms with Crippen molar-refractivity contribution in [2.24, 2.45) is 11.8 Å². The molecular formula is C19H26FNO3. The van der Waals surface area contributed by atoms with Gasteiger partial charge in [-0.05, 0) is 42.9 Å². The SMILES string of the molecule is CC(C)[C@@H](Cc1ccc(F)cc1)NC(=O)[C@@H]1CCCC12OCCO2. The van der Waals surface area contributed by atoms with Gasteiger partial charge >= 0.3 is 0 Å². The number of hydrogen-bond acceptors (Lipinski definition) is 3. The van der Waals surface area contributed by atoms with Crippen LogP contribution in [0, 0.1) is 17.7 Å².